The molecule has 0 bridgehead atoms. The van der Waals surface area contributed by atoms with Crippen LogP contribution in [0.25, 0.3) is 27.8 Å². The molecular weight excluding hydrogens is 490 g/mol. The number of nitriles is 1. The molecule has 1 N–H and O–H groups in total. The van der Waals surface area contributed by atoms with Crippen LogP contribution >= 0.6 is 0 Å². The Labute approximate surface area is 229 Å². The van der Waals surface area contributed by atoms with E-state index in [2.05, 4.69) is 64.1 Å². The van der Waals surface area contributed by atoms with Crippen LogP contribution < -0.4 is 0 Å². The van der Waals surface area contributed by atoms with Crippen molar-refractivity contribution in [2.45, 2.75) is 51.6 Å². The van der Waals surface area contributed by atoms with Crippen LogP contribution in [0.1, 0.15) is 61.6 Å². The van der Waals surface area contributed by atoms with Gasteiger partial charge in [-0.1, -0.05) is 19.9 Å². The Morgan fingerprint density at radius 2 is 2.08 bits per heavy atom. The summed E-state index contributed by atoms with van der Waals surface area (Å²) < 4.78 is 7.27. The number of pyridine rings is 1. The number of amides is 1. The van der Waals surface area contributed by atoms with Crippen molar-refractivity contribution < 1.29 is 9.53 Å². The minimum Gasteiger partial charge on any atom is -0.380 e. The van der Waals surface area contributed by atoms with E-state index in [1.807, 2.05) is 10.7 Å². The van der Waals surface area contributed by atoms with E-state index in [9.17, 15) is 4.79 Å². The minimum absolute atomic E-state index is 0.0873. The summed E-state index contributed by atoms with van der Waals surface area (Å²) in [5.74, 6) is 0.881. The summed E-state index contributed by atoms with van der Waals surface area (Å²) in [4.78, 5) is 24.5. The number of piperidine rings is 1. The SMILES string of the molecule is COCc1cc(-c2[nH]c3ccc(C4CCN(CC(=O)N(C)CCC#N)CC4)cc3c2C(C)C)cn2ncnc12. The Hall–Kier alpha value is -3.74. The van der Waals surface area contributed by atoms with Crippen LogP contribution in [0.4, 0.5) is 0 Å². The van der Waals surface area contributed by atoms with Gasteiger partial charge in [-0.2, -0.15) is 10.4 Å². The monoisotopic (exact) mass is 527 g/mol. The Kier molecular flexibility index (Phi) is 7.96. The standard InChI is InChI=1S/C30H37N7O2/c1-20(2)28-25-15-22(21-8-12-36(13-9-21)17-27(38)35(3)11-5-10-31)6-7-26(25)34-29(28)23-14-24(18-39-4)30-32-19-33-37(30)16-23/h6-7,14-16,19-21,34H,5,8-9,11-13,17-18H2,1-4H3. The fourth-order valence-corrected chi connectivity index (χ4v) is 5.78. The molecular formula is C30H37N7O2. The summed E-state index contributed by atoms with van der Waals surface area (Å²) in [7, 11) is 3.48. The number of methoxy groups -OCH3 is 1. The van der Waals surface area contributed by atoms with Crippen LogP contribution in [0.15, 0.2) is 36.8 Å². The number of likely N-dealkylation sites (N-methyl/N-ethyl adjacent to an activating group) is 1. The van der Waals surface area contributed by atoms with Crippen LogP contribution in [0.2, 0.25) is 0 Å². The quantitative estimate of drug-likeness (QED) is 0.339. The molecule has 5 rings (SSSR count). The third-order valence-electron chi connectivity index (χ3n) is 7.88. The van der Waals surface area contributed by atoms with Crippen LogP contribution in [-0.2, 0) is 16.1 Å². The molecule has 1 aliphatic heterocycles. The summed E-state index contributed by atoms with van der Waals surface area (Å²) in [5.41, 5.74) is 7.79. The number of fused-ring (bicyclic) bond motifs is 2. The van der Waals surface area contributed by atoms with Crippen molar-refractivity contribution in [1.82, 2.24) is 29.4 Å². The summed E-state index contributed by atoms with van der Waals surface area (Å²) in [6.45, 7) is 7.67. The molecule has 0 aliphatic carbocycles. The Balaban J connectivity index is 1.38. The Morgan fingerprint density at radius 3 is 2.79 bits per heavy atom. The van der Waals surface area contributed by atoms with Crippen molar-refractivity contribution in [3.63, 3.8) is 0 Å². The van der Waals surface area contributed by atoms with Crippen molar-refractivity contribution in [2.24, 2.45) is 0 Å². The number of aromatic nitrogens is 4. The highest BCUT2D eigenvalue weighted by Crippen LogP contribution is 2.38. The number of nitrogens with zero attached hydrogens (tertiary/aromatic N) is 6. The number of rotatable bonds is 9. The number of aromatic amines is 1. The zero-order chi connectivity index (χ0) is 27.5. The number of ether oxygens (including phenoxy) is 1. The lowest BCUT2D eigenvalue weighted by molar-refractivity contribution is -0.131. The highest BCUT2D eigenvalue weighted by molar-refractivity contribution is 5.92. The Bertz CT molecular complexity index is 1510. The van der Waals surface area contributed by atoms with Crippen LogP contribution in [0, 0.1) is 11.3 Å². The molecule has 0 atom stereocenters. The fraction of sp³-hybridized carbons (Fsp3) is 0.467. The van der Waals surface area contributed by atoms with Gasteiger partial charge in [0, 0.05) is 48.9 Å². The van der Waals surface area contributed by atoms with Crippen LogP contribution in [0.3, 0.4) is 0 Å². The van der Waals surface area contributed by atoms with Gasteiger partial charge in [-0.25, -0.2) is 9.50 Å². The molecule has 3 aromatic heterocycles. The first-order chi connectivity index (χ1) is 18.9. The molecule has 4 heterocycles. The number of hydrogen-bond acceptors (Lipinski definition) is 6. The van der Waals surface area contributed by atoms with E-state index in [-0.39, 0.29) is 5.91 Å². The lowest BCUT2D eigenvalue weighted by atomic mass is 9.87. The molecule has 4 aromatic rings. The van der Waals surface area contributed by atoms with E-state index in [1.54, 1.807) is 25.4 Å². The van der Waals surface area contributed by atoms with Crippen molar-refractivity contribution in [3.05, 3.63) is 53.5 Å². The van der Waals surface area contributed by atoms with Gasteiger partial charge in [0.15, 0.2) is 5.65 Å². The first kappa shape index (κ1) is 26.9. The van der Waals surface area contributed by atoms with Gasteiger partial charge in [-0.05, 0) is 67.1 Å². The van der Waals surface area contributed by atoms with Gasteiger partial charge < -0.3 is 14.6 Å². The second-order valence-electron chi connectivity index (χ2n) is 10.9. The number of hydrogen-bond donors (Lipinski definition) is 1. The van der Waals surface area contributed by atoms with Crippen LogP contribution in [-0.4, -0.2) is 75.6 Å². The van der Waals surface area contributed by atoms with Gasteiger partial charge >= 0.3 is 0 Å². The topological polar surface area (TPSA) is 103 Å². The average molecular weight is 528 g/mol. The molecule has 204 valence electrons. The predicted molar refractivity (Wildman–Crippen MR) is 151 cm³/mol. The summed E-state index contributed by atoms with van der Waals surface area (Å²) in [6.07, 6.45) is 6.03. The predicted octanol–water partition coefficient (Wildman–Crippen LogP) is 4.70. The summed E-state index contributed by atoms with van der Waals surface area (Å²) in [6, 6.07) is 11.1. The first-order valence-corrected chi connectivity index (χ1v) is 13.7. The normalized spacial score (nSPS) is 14.9. The van der Waals surface area contributed by atoms with Gasteiger partial charge in [-0.15, -0.1) is 0 Å². The largest absolute Gasteiger partial charge is 0.380 e. The first-order valence-electron chi connectivity index (χ1n) is 13.7. The molecule has 9 nitrogen and oxygen atoms in total. The van der Waals surface area contributed by atoms with Gasteiger partial charge in [0.1, 0.15) is 6.33 Å². The lowest BCUT2D eigenvalue weighted by Gasteiger charge is -2.32. The highest BCUT2D eigenvalue weighted by atomic mass is 16.5. The zero-order valence-electron chi connectivity index (χ0n) is 23.3. The van der Waals surface area contributed by atoms with Crippen molar-refractivity contribution >= 4 is 22.5 Å². The van der Waals surface area contributed by atoms with E-state index in [1.165, 1.54) is 16.5 Å². The van der Waals surface area contributed by atoms with Crippen molar-refractivity contribution in [2.75, 3.05) is 40.3 Å². The van der Waals surface area contributed by atoms with Crippen molar-refractivity contribution in [1.29, 1.82) is 5.26 Å². The molecule has 0 unspecified atom stereocenters. The summed E-state index contributed by atoms with van der Waals surface area (Å²) >= 11 is 0. The van der Waals surface area contributed by atoms with Gasteiger partial charge in [0.25, 0.3) is 0 Å². The maximum absolute atomic E-state index is 12.5. The van der Waals surface area contributed by atoms with Crippen molar-refractivity contribution in [3.8, 4) is 17.3 Å². The third kappa shape index (κ3) is 5.54. The van der Waals surface area contributed by atoms with Gasteiger partial charge in [0.2, 0.25) is 5.91 Å². The van der Waals surface area contributed by atoms with Crippen LogP contribution in [0.5, 0.6) is 0 Å². The molecule has 1 amide bonds. The molecule has 9 heteroatoms. The molecule has 0 radical (unpaired) electrons. The lowest BCUT2D eigenvalue weighted by Crippen LogP contribution is -2.42. The van der Waals surface area contributed by atoms with E-state index >= 15 is 0 Å². The maximum Gasteiger partial charge on any atom is 0.236 e. The molecule has 1 fully saturated rings. The second kappa shape index (κ2) is 11.6. The number of benzene rings is 1. The van der Waals surface area contributed by atoms with E-state index in [4.69, 9.17) is 10.00 Å². The van der Waals surface area contributed by atoms with E-state index in [0.29, 0.717) is 38.0 Å². The fourth-order valence-electron chi connectivity index (χ4n) is 5.78. The molecule has 1 saturated heterocycles. The molecule has 1 aliphatic rings. The molecule has 1 aromatic carbocycles. The Morgan fingerprint density at radius 1 is 1.28 bits per heavy atom. The second-order valence-corrected chi connectivity index (χ2v) is 10.9. The number of likely N-dealkylation sites (tertiary alicyclic amines) is 1. The number of carbonyl (C=O) groups excluding carboxylic acids is 1. The third-order valence-corrected chi connectivity index (χ3v) is 7.88. The number of nitrogens with one attached hydrogen (secondary N) is 1. The minimum atomic E-state index is 0.0873. The smallest absolute Gasteiger partial charge is 0.236 e. The van der Waals surface area contributed by atoms with E-state index < -0.39 is 0 Å². The van der Waals surface area contributed by atoms with E-state index in [0.717, 1.165) is 53.9 Å². The molecule has 0 spiro atoms. The van der Waals surface area contributed by atoms with Gasteiger partial charge in [-0.3, -0.25) is 9.69 Å². The number of carbonyl (C=O) groups is 1. The molecule has 0 saturated carbocycles. The zero-order valence-corrected chi connectivity index (χ0v) is 23.3. The highest BCUT2D eigenvalue weighted by Gasteiger charge is 2.25. The number of H-pyrrole nitrogens is 1. The molecule has 39 heavy (non-hydrogen) atoms. The average Bonchev–Trinajstić information content (AvgIpc) is 3.57. The summed E-state index contributed by atoms with van der Waals surface area (Å²) in [5, 5.41) is 14.4. The maximum atomic E-state index is 12.5. The van der Waals surface area contributed by atoms with Gasteiger partial charge in [0.05, 0.1) is 31.3 Å².